The van der Waals surface area contributed by atoms with Crippen LogP contribution in [0.25, 0.3) is 5.69 Å². The van der Waals surface area contributed by atoms with E-state index in [1.807, 2.05) is 18.2 Å². The molecule has 1 aliphatic rings. The number of benzene rings is 1. The van der Waals surface area contributed by atoms with Crippen molar-refractivity contribution in [2.24, 2.45) is 0 Å². The molecule has 1 unspecified atom stereocenters. The number of likely N-dealkylation sites (tertiary alicyclic amines) is 1. The molecule has 120 valence electrons. The first-order valence-corrected chi connectivity index (χ1v) is 7.54. The van der Waals surface area contributed by atoms with Gasteiger partial charge in [0.05, 0.1) is 28.8 Å². The minimum atomic E-state index is -0.474. The summed E-state index contributed by atoms with van der Waals surface area (Å²) in [5.74, 6) is -0.0769. The number of aromatic nitrogens is 2. The number of amides is 3. The maximum Gasteiger partial charge on any atom is 0.319 e. The van der Waals surface area contributed by atoms with Gasteiger partial charge in [-0.3, -0.25) is 4.79 Å². The van der Waals surface area contributed by atoms with Crippen LogP contribution in [-0.2, 0) is 4.79 Å². The Morgan fingerprint density at radius 2 is 2.17 bits per heavy atom. The molecule has 1 aromatic heterocycles. The molecule has 1 saturated heterocycles. The lowest BCUT2D eigenvalue weighted by Gasteiger charge is -2.12. The van der Waals surface area contributed by atoms with Crippen LogP contribution in [0.2, 0.25) is 5.02 Å². The fraction of sp³-hybridized carbons (Fsp3) is 0.267. The standard InChI is InChI=1S/C15H16ClN5O2/c1-20-7-6-12(14(20)22)19-15(23)18-10-8-17-21(9-10)13-5-3-2-4-11(13)16/h2-5,8-9,12H,6-7H2,1H3,(H2,18,19,23). The van der Waals surface area contributed by atoms with E-state index >= 15 is 0 Å². The van der Waals surface area contributed by atoms with E-state index in [1.54, 1.807) is 28.9 Å². The highest BCUT2D eigenvalue weighted by atomic mass is 35.5. The lowest BCUT2D eigenvalue weighted by molar-refractivity contribution is -0.128. The Balaban J connectivity index is 1.64. The number of hydrogen-bond donors (Lipinski definition) is 2. The van der Waals surface area contributed by atoms with Crippen molar-refractivity contribution in [3.05, 3.63) is 41.7 Å². The number of nitrogens with zero attached hydrogens (tertiary/aromatic N) is 3. The zero-order valence-corrected chi connectivity index (χ0v) is 13.2. The SMILES string of the molecule is CN1CCC(NC(=O)Nc2cnn(-c3ccccc3Cl)c2)C1=O. The highest BCUT2D eigenvalue weighted by Crippen LogP contribution is 2.20. The maximum absolute atomic E-state index is 12.0. The molecule has 23 heavy (non-hydrogen) atoms. The van der Waals surface area contributed by atoms with Crippen molar-refractivity contribution in [3.8, 4) is 5.69 Å². The Morgan fingerprint density at radius 1 is 1.39 bits per heavy atom. The summed E-state index contributed by atoms with van der Waals surface area (Å²) in [5.41, 5.74) is 1.23. The topological polar surface area (TPSA) is 79.3 Å². The molecule has 2 aromatic rings. The van der Waals surface area contributed by atoms with Crippen LogP contribution in [0, 0.1) is 0 Å². The quantitative estimate of drug-likeness (QED) is 0.900. The van der Waals surface area contributed by atoms with Crippen molar-refractivity contribution in [3.63, 3.8) is 0 Å². The van der Waals surface area contributed by atoms with Gasteiger partial charge in [-0.1, -0.05) is 23.7 Å². The smallest absolute Gasteiger partial charge is 0.319 e. The Kier molecular flexibility index (Phi) is 4.20. The van der Waals surface area contributed by atoms with Crippen molar-refractivity contribution in [1.29, 1.82) is 0 Å². The molecule has 0 spiro atoms. The van der Waals surface area contributed by atoms with Crippen LogP contribution < -0.4 is 10.6 Å². The molecular formula is C15H16ClN5O2. The van der Waals surface area contributed by atoms with Gasteiger partial charge in [-0.25, -0.2) is 9.48 Å². The van der Waals surface area contributed by atoms with Crippen molar-refractivity contribution in [1.82, 2.24) is 20.0 Å². The Hall–Kier alpha value is -2.54. The summed E-state index contributed by atoms with van der Waals surface area (Å²) in [6, 6.07) is 6.37. The fourth-order valence-electron chi connectivity index (χ4n) is 2.44. The Morgan fingerprint density at radius 3 is 2.87 bits per heavy atom. The van der Waals surface area contributed by atoms with E-state index in [9.17, 15) is 9.59 Å². The van der Waals surface area contributed by atoms with Crippen molar-refractivity contribution < 1.29 is 9.59 Å². The van der Waals surface area contributed by atoms with Gasteiger partial charge in [0.2, 0.25) is 5.91 Å². The van der Waals surface area contributed by atoms with Gasteiger partial charge in [-0.05, 0) is 18.6 Å². The number of rotatable bonds is 3. The van der Waals surface area contributed by atoms with E-state index in [4.69, 9.17) is 11.6 Å². The second-order valence-corrected chi connectivity index (χ2v) is 5.73. The van der Waals surface area contributed by atoms with Crippen molar-refractivity contribution in [2.75, 3.05) is 18.9 Å². The normalized spacial score (nSPS) is 17.4. The third-order valence-electron chi connectivity index (χ3n) is 3.67. The molecule has 0 aliphatic carbocycles. The number of para-hydroxylation sites is 1. The van der Waals surface area contributed by atoms with Crippen LogP contribution in [0.4, 0.5) is 10.5 Å². The average molecular weight is 334 g/mol. The van der Waals surface area contributed by atoms with Crippen LogP contribution in [0.3, 0.4) is 0 Å². The number of nitrogens with one attached hydrogen (secondary N) is 2. The third kappa shape index (κ3) is 3.29. The highest BCUT2D eigenvalue weighted by molar-refractivity contribution is 6.32. The van der Waals surface area contributed by atoms with Crippen LogP contribution in [-0.4, -0.2) is 46.3 Å². The summed E-state index contributed by atoms with van der Waals surface area (Å²) >= 11 is 6.11. The molecule has 0 bridgehead atoms. The van der Waals surface area contributed by atoms with Crippen molar-refractivity contribution in [2.45, 2.75) is 12.5 Å². The van der Waals surface area contributed by atoms with Gasteiger partial charge in [0, 0.05) is 13.6 Å². The van der Waals surface area contributed by atoms with Gasteiger partial charge in [0.25, 0.3) is 0 Å². The summed E-state index contributed by atoms with van der Waals surface area (Å²) in [7, 11) is 1.72. The average Bonchev–Trinajstić information content (AvgIpc) is 3.10. The molecule has 8 heteroatoms. The zero-order chi connectivity index (χ0) is 16.4. The first-order valence-electron chi connectivity index (χ1n) is 7.16. The van der Waals surface area contributed by atoms with E-state index in [-0.39, 0.29) is 5.91 Å². The van der Waals surface area contributed by atoms with Crippen LogP contribution in [0.1, 0.15) is 6.42 Å². The molecule has 2 heterocycles. The van der Waals surface area contributed by atoms with Gasteiger partial charge in [-0.15, -0.1) is 0 Å². The molecule has 1 aliphatic heterocycles. The number of likely N-dealkylation sites (N-methyl/N-ethyl adjacent to an activating group) is 1. The second kappa shape index (κ2) is 6.29. The summed E-state index contributed by atoms with van der Waals surface area (Å²) in [4.78, 5) is 25.3. The Bertz CT molecular complexity index is 745. The monoisotopic (exact) mass is 333 g/mol. The molecule has 3 rings (SSSR count). The van der Waals surface area contributed by atoms with Gasteiger partial charge >= 0.3 is 6.03 Å². The number of urea groups is 1. The van der Waals surface area contributed by atoms with Gasteiger partial charge in [-0.2, -0.15) is 5.10 Å². The lowest BCUT2D eigenvalue weighted by atomic mass is 10.2. The van der Waals surface area contributed by atoms with Crippen LogP contribution in [0.5, 0.6) is 0 Å². The predicted octanol–water partition coefficient (Wildman–Crippen LogP) is 1.88. The molecule has 7 nitrogen and oxygen atoms in total. The van der Waals surface area contributed by atoms with Crippen LogP contribution >= 0.6 is 11.6 Å². The highest BCUT2D eigenvalue weighted by Gasteiger charge is 2.30. The summed E-state index contributed by atoms with van der Waals surface area (Å²) < 4.78 is 1.58. The van der Waals surface area contributed by atoms with E-state index in [2.05, 4.69) is 15.7 Å². The molecule has 1 aromatic carbocycles. The molecule has 1 fully saturated rings. The number of hydrogen-bond acceptors (Lipinski definition) is 3. The minimum Gasteiger partial charge on any atom is -0.344 e. The van der Waals surface area contributed by atoms with Gasteiger partial charge in [0.15, 0.2) is 0 Å². The number of halogens is 1. The largest absolute Gasteiger partial charge is 0.344 e. The van der Waals surface area contributed by atoms with E-state index in [0.29, 0.717) is 23.7 Å². The van der Waals surface area contributed by atoms with E-state index in [1.165, 1.54) is 6.20 Å². The number of carbonyl (C=O) groups excluding carboxylic acids is 2. The first kappa shape index (κ1) is 15.4. The first-order chi connectivity index (χ1) is 11.0. The minimum absolute atomic E-state index is 0.0769. The summed E-state index contributed by atoms with van der Waals surface area (Å²) in [6.07, 6.45) is 3.79. The van der Waals surface area contributed by atoms with Crippen molar-refractivity contribution >= 4 is 29.2 Å². The molecule has 2 N–H and O–H groups in total. The predicted molar refractivity (Wildman–Crippen MR) is 86.8 cm³/mol. The van der Waals surface area contributed by atoms with Crippen LogP contribution in [0.15, 0.2) is 36.7 Å². The zero-order valence-electron chi connectivity index (χ0n) is 12.5. The third-order valence-corrected chi connectivity index (χ3v) is 3.99. The van der Waals surface area contributed by atoms with Gasteiger partial charge in [0.1, 0.15) is 6.04 Å². The Labute approximate surface area is 138 Å². The summed E-state index contributed by atoms with van der Waals surface area (Å²) in [6.45, 7) is 0.647. The molecule has 1 atom stereocenters. The lowest BCUT2D eigenvalue weighted by Crippen LogP contribution is -2.42. The maximum atomic E-state index is 12.0. The fourth-order valence-corrected chi connectivity index (χ4v) is 2.66. The number of anilines is 1. The molecular weight excluding hydrogens is 318 g/mol. The second-order valence-electron chi connectivity index (χ2n) is 5.32. The molecule has 0 saturated carbocycles. The van der Waals surface area contributed by atoms with E-state index < -0.39 is 12.1 Å². The molecule has 0 radical (unpaired) electrons. The molecule has 3 amide bonds. The summed E-state index contributed by atoms with van der Waals surface area (Å²) in [5, 5.41) is 10.1. The van der Waals surface area contributed by atoms with E-state index in [0.717, 1.165) is 5.69 Å². The number of carbonyl (C=O) groups is 2. The van der Waals surface area contributed by atoms with Gasteiger partial charge < -0.3 is 15.5 Å².